The molecule has 3 rings (SSSR count). The van der Waals surface area contributed by atoms with Crippen LogP contribution in [-0.2, 0) is 35.1 Å². The first-order valence-corrected chi connectivity index (χ1v) is 14.8. The van der Waals surface area contributed by atoms with Crippen LogP contribution in [-0.4, -0.2) is 81.3 Å². The molecule has 6 N–H and O–H groups in total. The maximum atomic E-state index is 13.2. The smallest absolute Gasteiger partial charge is 0.329 e. The number of methoxy groups -OCH3 is 1. The summed E-state index contributed by atoms with van der Waals surface area (Å²) in [6, 6.07) is 5.54. The van der Waals surface area contributed by atoms with E-state index in [0.717, 1.165) is 16.5 Å². The molecule has 4 atom stereocenters. The number of carbonyl (C=O) groups excluding carboxylic acids is 5. The lowest BCUT2D eigenvalue weighted by Gasteiger charge is -2.35. The van der Waals surface area contributed by atoms with Gasteiger partial charge in [-0.3, -0.25) is 22.3 Å². The molecule has 1 aromatic carbocycles. The number of amides is 4. The third kappa shape index (κ3) is 7.26. The van der Waals surface area contributed by atoms with Gasteiger partial charge in [0, 0.05) is 16.7 Å². The van der Waals surface area contributed by atoms with Gasteiger partial charge in [0.15, 0.2) is 0 Å². The number of fused-ring (bicyclic) bond motifs is 3. The van der Waals surface area contributed by atoms with E-state index in [1.54, 1.807) is 36.7 Å². The minimum Gasteiger partial charge on any atom is -0.467 e. The molecule has 0 radical (unpaired) electrons. The fourth-order valence-electron chi connectivity index (χ4n) is 4.40. The average Bonchev–Trinajstić information content (AvgIpc) is 3.28. The van der Waals surface area contributed by atoms with E-state index < -0.39 is 53.8 Å². The molecule has 218 valence electrons. The number of aromatic nitrogens is 1. The summed E-state index contributed by atoms with van der Waals surface area (Å²) in [6.45, 7) is 4.52. The quantitative estimate of drug-likeness (QED) is 0.181. The van der Waals surface area contributed by atoms with Gasteiger partial charge >= 0.3 is 5.97 Å². The van der Waals surface area contributed by atoms with Crippen LogP contribution in [0.3, 0.4) is 0 Å². The molecule has 1 aliphatic rings. The third-order valence-electron chi connectivity index (χ3n) is 7.13. The summed E-state index contributed by atoms with van der Waals surface area (Å²) in [5.74, 6) is -2.99. The van der Waals surface area contributed by atoms with Gasteiger partial charge in [-0.25, -0.2) is 4.79 Å². The summed E-state index contributed by atoms with van der Waals surface area (Å²) in [4.78, 5) is 68.0. The van der Waals surface area contributed by atoms with E-state index in [0.29, 0.717) is 11.4 Å². The second-order valence-corrected chi connectivity index (χ2v) is 12.0. The minimum absolute atomic E-state index is 0.119. The van der Waals surface area contributed by atoms with Crippen LogP contribution in [0, 0.1) is 5.92 Å². The normalized spacial score (nSPS) is 24.7. The summed E-state index contributed by atoms with van der Waals surface area (Å²) in [5.41, 5.74) is 6.58. The molecule has 0 spiro atoms. The number of halogens is 1. The fourth-order valence-corrected chi connectivity index (χ4v) is 6.17. The highest BCUT2D eigenvalue weighted by molar-refractivity contribution is 14.1. The van der Waals surface area contributed by atoms with Crippen molar-refractivity contribution in [1.29, 1.82) is 0 Å². The summed E-state index contributed by atoms with van der Waals surface area (Å²) in [5, 5.41) is 9.49. The van der Waals surface area contributed by atoms with Crippen molar-refractivity contribution in [3.05, 3.63) is 29.8 Å². The average molecular weight is 687 g/mol. The van der Waals surface area contributed by atoms with E-state index in [4.69, 9.17) is 10.5 Å². The van der Waals surface area contributed by atoms with Crippen molar-refractivity contribution in [3.63, 3.8) is 0 Å². The molecular weight excluding hydrogens is 651 g/mol. The topological polar surface area (TPSA) is 176 Å². The first-order valence-electron chi connectivity index (χ1n) is 12.8. The van der Waals surface area contributed by atoms with Crippen molar-refractivity contribution in [2.45, 2.75) is 56.3 Å². The Morgan fingerprint density at radius 1 is 1.25 bits per heavy atom. The SMILES string of the molecule is CC[C@H](C)[C@]1(C)NC(=O)CN(I)C(=O)[C@@H](N)Cc2c([nH]c3ccccc23)SC[C@@H](C(=O)OC)NC(=O)CNC1=O. The van der Waals surface area contributed by atoms with Crippen LogP contribution in [0.5, 0.6) is 0 Å². The van der Waals surface area contributed by atoms with E-state index in [-0.39, 0.29) is 24.6 Å². The van der Waals surface area contributed by atoms with Gasteiger partial charge in [0.25, 0.3) is 0 Å². The minimum atomic E-state index is -1.36. The van der Waals surface area contributed by atoms with Crippen LogP contribution >= 0.6 is 34.6 Å². The summed E-state index contributed by atoms with van der Waals surface area (Å²) >= 11 is 3.03. The lowest BCUT2D eigenvalue weighted by molar-refractivity contribution is -0.144. The van der Waals surface area contributed by atoms with Crippen LogP contribution < -0.4 is 21.7 Å². The molecule has 1 aliphatic heterocycles. The predicted molar refractivity (Wildman–Crippen MR) is 159 cm³/mol. The van der Waals surface area contributed by atoms with Gasteiger partial charge in [-0.1, -0.05) is 38.5 Å². The van der Waals surface area contributed by atoms with Crippen LogP contribution in [0.25, 0.3) is 10.9 Å². The van der Waals surface area contributed by atoms with E-state index in [1.807, 2.05) is 31.2 Å². The number of hydrogen-bond donors (Lipinski definition) is 5. The number of nitrogens with zero attached hydrogens (tertiary/aromatic N) is 1. The van der Waals surface area contributed by atoms with Crippen molar-refractivity contribution in [2.24, 2.45) is 11.7 Å². The lowest BCUT2D eigenvalue weighted by atomic mass is 9.84. The molecule has 40 heavy (non-hydrogen) atoms. The van der Waals surface area contributed by atoms with Crippen molar-refractivity contribution in [3.8, 4) is 0 Å². The second kappa shape index (κ2) is 13.7. The van der Waals surface area contributed by atoms with Crippen LogP contribution in [0.4, 0.5) is 0 Å². The fraction of sp³-hybridized carbons (Fsp3) is 0.500. The number of rotatable bonds is 3. The molecule has 2 heterocycles. The number of carbonyl (C=O) groups is 5. The van der Waals surface area contributed by atoms with E-state index >= 15 is 0 Å². The van der Waals surface area contributed by atoms with Crippen LogP contribution in [0.15, 0.2) is 29.3 Å². The maximum Gasteiger partial charge on any atom is 0.329 e. The van der Waals surface area contributed by atoms with E-state index in [2.05, 4.69) is 20.9 Å². The number of aromatic amines is 1. The molecule has 0 saturated heterocycles. The molecule has 0 fully saturated rings. The van der Waals surface area contributed by atoms with Crippen molar-refractivity contribution in [1.82, 2.24) is 24.0 Å². The highest BCUT2D eigenvalue weighted by atomic mass is 127. The first kappa shape index (κ1) is 31.7. The molecule has 14 heteroatoms. The number of nitrogens with one attached hydrogen (secondary N) is 4. The van der Waals surface area contributed by atoms with Gasteiger partial charge in [-0.05, 0) is 30.9 Å². The number of H-pyrrole nitrogens is 1. The molecule has 2 aromatic rings. The summed E-state index contributed by atoms with van der Waals surface area (Å²) in [6.07, 6.45) is 0.720. The van der Waals surface area contributed by atoms with Crippen molar-refractivity contribution < 1.29 is 28.7 Å². The zero-order valence-corrected chi connectivity index (χ0v) is 25.8. The Hall–Kier alpha value is -2.85. The van der Waals surface area contributed by atoms with Gasteiger partial charge in [-0.2, -0.15) is 0 Å². The van der Waals surface area contributed by atoms with E-state index in [9.17, 15) is 24.0 Å². The molecule has 0 saturated carbocycles. The number of benzene rings is 1. The Bertz CT molecular complexity index is 1290. The van der Waals surface area contributed by atoms with Gasteiger partial charge in [0.1, 0.15) is 18.1 Å². The molecular formula is C26H35IN6O6S. The second-order valence-electron chi connectivity index (χ2n) is 9.84. The monoisotopic (exact) mass is 686 g/mol. The number of ether oxygens (including phenoxy) is 1. The Kier molecular flexibility index (Phi) is 10.8. The maximum absolute atomic E-state index is 13.2. The number of thioether (sulfide) groups is 1. The highest BCUT2D eigenvalue weighted by Gasteiger charge is 2.40. The van der Waals surface area contributed by atoms with Crippen LogP contribution in [0.2, 0.25) is 0 Å². The van der Waals surface area contributed by atoms with Gasteiger partial charge < -0.3 is 31.4 Å². The molecule has 0 aliphatic carbocycles. The number of hydrogen-bond acceptors (Lipinski definition) is 8. The Labute approximate surface area is 250 Å². The largest absolute Gasteiger partial charge is 0.467 e. The molecule has 1 aromatic heterocycles. The Morgan fingerprint density at radius 3 is 2.62 bits per heavy atom. The van der Waals surface area contributed by atoms with Crippen LogP contribution in [0.1, 0.15) is 32.8 Å². The number of nitrogens with two attached hydrogens (primary N) is 1. The Balaban J connectivity index is 1.99. The highest BCUT2D eigenvalue weighted by Crippen LogP contribution is 2.31. The van der Waals surface area contributed by atoms with Gasteiger partial charge in [-0.15, -0.1) is 11.8 Å². The molecule has 0 unspecified atom stereocenters. The lowest BCUT2D eigenvalue weighted by Crippen LogP contribution is -2.62. The molecule has 0 bridgehead atoms. The summed E-state index contributed by atoms with van der Waals surface area (Å²) < 4.78 is 6.10. The third-order valence-corrected chi connectivity index (χ3v) is 9.08. The zero-order chi connectivity index (χ0) is 29.6. The van der Waals surface area contributed by atoms with Crippen molar-refractivity contribution >= 4 is 75.1 Å². The van der Waals surface area contributed by atoms with Gasteiger partial charge in [0.05, 0.1) is 47.6 Å². The predicted octanol–water partition coefficient (Wildman–Crippen LogP) is 1.02. The Morgan fingerprint density at radius 2 is 1.95 bits per heavy atom. The zero-order valence-electron chi connectivity index (χ0n) is 22.8. The molecule has 12 nitrogen and oxygen atoms in total. The number of esters is 1. The van der Waals surface area contributed by atoms with Crippen molar-refractivity contribution in [2.75, 3.05) is 26.0 Å². The first-order chi connectivity index (χ1) is 18.9. The van der Waals surface area contributed by atoms with Gasteiger partial charge in [0.2, 0.25) is 23.6 Å². The standard InChI is InChI=1S/C26H35IN6O6S/c1-5-14(2)26(3)25(38)29-11-20(34)30-19(24(37)39-4)13-40-22-16(15-8-6-7-9-18(15)31-22)10-17(28)23(36)33(27)12-21(35)32-26/h6-9,14,17,19,31H,5,10-13,28H2,1-4H3,(H,29,38)(H,30,34)(H,32,35)/t14-,17-,19-,26-/m0/s1. The van der Waals surface area contributed by atoms with E-state index in [1.165, 1.54) is 22.0 Å². The summed E-state index contributed by atoms with van der Waals surface area (Å²) in [7, 11) is 1.22. The molecule has 4 amide bonds. The number of para-hydroxylation sites is 1.